The van der Waals surface area contributed by atoms with Crippen LogP contribution in [0.4, 0.5) is 0 Å². The van der Waals surface area contributed by atoms with Crippen LogP contribution in [0.5, 0.6) is 23.0 Å². The molecule has 0 bridgehead atoms. The molecular formula is C30H28N2O9S. The Balaban J connectivity index is 1.91. The maximum absolute atomic E-state index is 13.9. The van der Waals surface area contributed by atoms with E-state index in [0.717, 1.165) is 11.3 Å². The van der Waals surface area contributed by atoms with Crippen LogP contribution in [0.25, 0.3) is 6.08 Å². The summed E-state index contributed by atoms with van der Waals surface area (Å²) in [5, 5.41) is 0. The van der Waals surface area contributed by atoms with Gasteiger partial charge in [0.25, 0.3) is 5.56 Å². The van der Waals surface area contributed by atoms with Crippen molar-refractivity contribution in [3.63, 3.8) is 0 Å². The van der Waals surface area contributed by atoms with E-state index in [0.29, 0.717) is 31.9 Å². The molecule has 1 atom stereocenters. The molecule has 11 nitrogen and oxygen atoms in total. The Bertz CT molecular complexity index is 1800. The molecular weight excluding hydrogens is 564 g/mol. The van der Waals surface area contributed by atoms with Gasteiger partial charge in [0.15, 0.2) is 27.8 Å². The molecule has 12 heteroatoms. The van der Waals surface area contributed by atoms with Crippen LogP contribution in [0.3, 0.4) is 0 Å². The monoisotopic (exact) mass is 592 g/mol. The number of rotatable bonds is 9. The smallest absolute Gasteiger partial charge is 0.338 e. The number of hydrogen-bond donors (Lipinski definition) is 0. The number of nitrogens with zero attached hydrogens (tertiary/aromatic N) is 2. The topological polar surface area (TPSA) is 132 Å². The zero-order valence-electron chi connectivity index (χ0n) is 23.6. The summed E-state index contributed by atoms with van der Waals surface area (Å²) in [6.07, 6.45) is 3.09. The summed E-state index contributed by atoms with van der Waals surface area (Å²) in [4.78, 5) is 55.1. The van der Waals surface area contributed by atoms with Gasteiger partial charge in [-0.3, -0.25) is 19.0 Å². The number of hydrogen-bond acceptors (Lipinski definition) is 11. The number of fused-ring (bicyclic) bond motifs is 1. The highest BCUT2D eigenvalue weighted by Gasteiger charge is 2.34. The van der Waals surface area contributed by atoms with Crippen molar-refractivity contribution in [1.82, 2.24) is 4.57 Å². The van der Waals surface area contributed by atoms with Gasteiger partial charge < -0.3 is 23.7 Å². The average molecular weight is 593 g/mol. The number of thiazole rings is 1. The van der Waals surface area contributed by atoms with E-state index in [4.69, 9.17) is 23.7 Å². The van der Waals surface area contributed by atoms with Gasteiger partial charge in [0.05, 0.1) is 36.1 Å². The second-order valence-electron chi connectivity index (χ2n) is 8.98. The highest BCUT2D eigenvalue weighted by molar-refractivity contribution is 7.07. The molecule has 3 aromatic rings. The molecule has 0 N–H and O–H groups in total. The predicted octanol–water partition coefficient (Wildman–Crippen LogP) is 2.83. The van der Waals surface area contributed by atoms with E-state index in [-0.39, 0.29) is 29.4 Å². The summed E-state index contributed by atoms with van der Waals surface area (Å²) >= 11 is 1.14. The summed E-state index contributed by atoms with van der Waals surface area (Å²) in [5.74, 6) is -0.715. The number of ether oxygens (including phenoxy) is 5. The van der Waals surface area contributed by atoms with Crippen LogP contribution in [0.2, 0.25) is 0 Å². The SMILES string of the molecule is C=CCOC(=O)C1=C(C)N=c2s/c(=C\c3ccc(OC(C)=O)c(OC)c3)c(=O)n2C1c1ccc(OC(C)=O)c(OC)c1. The third kappa shape index (κ3) is 6.18. The lowest BCUT2D eigenvalue weighted by Crippen LogP contribution is -2.40. The molecule has 1 aliphatic heterocycles. The van der Waals surface area contributed by atoms with Gasteiger partial charge in [-0.15, -0.1) is 0 Å². The van der Waals surface area contributed by atoms with Crippen molar-refractivity contribution in [3.8, 4) is 23.0 Å². The first kappa shape index (κ1) is 30.0. The highest BCUT2D eigenvalue weighted by Crippen LogP contribution is 2.36. The fourth-order valence-electron chi connectivity index (χ4n) is 4.37. The number of carbonyl (C=O) groups excluding carboxylic acids is 3. The number of allylic oxidation sites excluding steroid dienone is 1. The Labute approximate surface area is 244 Å². The van der Waals surface area contributed by atoms with Gasteiger partial charge in [0.1, 0.15) is 6.61 Å². The van der Waals surface area contributed by atoms with Crippen LogP contribution in [-0.4, -0.2) is 43.3 Å². The molecule has 0 radical (unpaired) electrons. The molecule has 2 aromatic carbocycles. The van der Waals surface area contributed by atoms with E-state index >= 15 is 0 Å². The molecule has 2 heterocycles. The fraction of sp³-hybridized carbons (Fsp3) is 0.233. The first-order valence-electron chi connectivity index (χ1n) is 12.6. The maximum Gasteiger partial charge on any atom is 0.338 e. The predicted molar refractivity (Wildman–Crippen MR) is 154 cm³/mol. The Hall–Kier alpha value is -4.97. The first-order chi connectivity index (χ1) is 20.1. The van der Waals surface area contributed by atoms with Crippen molar-refractivity contribution in [2.24, 2.45) is 4.99 Å². The summed E-state index contributed by atoms with van der Waals surface area (Å²) in [6, 6.07) is 8.72. The van der Waals surface area contributed by atoms with Gasteiger partial charge in [-0.05, 0) is 48.4 Å². The summed E-state index contributed by atoms with van der Waals surface area (Å²) in [7, 11) is 2.86. The molecule has 0 spiro atoms. The first-order valence-corrected chi connectivity index (χ1v) is 13.4. The summed E-state index contributed by atoms with van der Waals surface area (Å²) in [5.41, 5.74) is 1.24. The molecule has 1 aliphatic rings. The lowest BCUT2D eigenvalue weighted by atomic mass is 9.95. The summed E-state index contributed by atoms with van der Waals surface area (Å²) in [6.45, 7) is 7.77. The molecule has 1 unspecified atom stereocenters. The number of methoxy groups -OCH3 is 2. The van der Waals surface area contributed by atoms with Crippen molar-refractivity contribution >= 4 is 35.3 Å². The third-order valence-electron chi connectivity index (χ3n) is 6.07. The lowest BCUT2D eigenvalue weighted by Gasteiger charge is -2.25. The molecule has 42 heavy (non-hydrogen) atoms. The number of carbonyl (C=O) groups is 3. The van der Waals surface area contributed by atoms with Crippen molar-refractivity contribution in [3.05, 3.63) is 91.1 Å². The Morgan fingerprint density at radius 2 is 1.60 bits per heavy atom. The molecule has 218 valence electrons. The van der Waals surface area contributed by atoms with E-state index in [9.17, 15) is 19.2 Å². The largest absolute Gasteiger partial charge is 0.493 e. The van der Waals surface area contributed by atoms with Gasteiger partial charge >= 0.3 is 17.9 Å². The van der Waals surface area contributed by atoms with Crippen LogP contribution in [0.1, 0.15) is 37.9 Å². The van der Waals surface area contributed by atoms with Gasteiger partial charge in [0, 0.05) is 13.8 Å². The molecule has 0 saturated heterocycles. The zero-order chi connectivity index (χ0) is 30.6. The van der Waals surface area contributed by atoms with Crippen LogP contribution < -0.4 is 33.8 Å². The standard InChI is InChI=1S/C30H28N2O9S/c1-7-12-39-29(36)26-16(2)31-30-32(27(26)20-9-11-22(41-18(4)34)24(15-20)38-6)28(35)25(42-30)14-19-8-10-21(40-17(3)33)23(13-19)37-5/h7-11,13-15,27H,1,12H2,2-6H3/b25-14-. The van der Waals surface area contributed by atoms with E-state index in [2.05, 4.69) is 11.6 Å². The Morgan fingerprint density at radius 3 is 2.19 bits per heavy atom. The summed E-state index contributed by atoms with van der Waals surface area (Å²) < 4.78 is 28.3. The minimum Gasteiger partial charge on any atom is -0.493 e. The van der Waals surface area contributed by atoms with Gasteiger partial charge in [-0.25, -0.2) is 9.79 Å². The van der Waals surface area contributed by atoms with Crippen molar-refractivity contribution in [2.45, 2.75) is 26.8 Å². The van der Waals surface area contributed by atoms with Crippen molar-refractivity contribution in [2.75, 3.05) is 20.8 Å². The van der Waals surface area contributed by atoms with E-state index in [1.54, 1.807) is 43.3 Å². The molecule has 0 saturated carbocycles. The minimum atomic E-state index is -0.929. The zero-order valence-corrected chi connectivity index (χ0v) is 24.4. The number of esters is 3. The van der Waals surface area contributed by atoms with Gasteiger partial charge in [0.2, 0.25) is 0 Å². The van der Waals surface area contributed by atoms with E-state index in [1.807, 2.05) is 0 Å². The van der Waals surface area contributed by atoms with Crippen LogP contribution >= 0.6 is 11.3 Å². The Morgan fingerprint density at radius 1 is 0.976 bits per heavy atom. The Kier molecular flexibility index (Phi) is 9.06. The number of aromatic nitrogens is 1. The normalized spacial score (nSPS) is 14.4. The van der Waals surface area contributed by atoms with Crippen molar-refractivity contribution < 1.29 is 38.1 Å². The molecule has 0 aliphatic carbocycles. The van der Waals surface area contributed by atoms with Crippen LogP contribution in [-0.2, 0) is 19.1 Å². The van der Waals surface area contributed by atoms with Crippen molar-refractivity contribution in [1.29, 1.82) is 0 Å². The minimum absolute atomic E-state index is 0.0351. The molecule has 0 amide bonds. The van der Waals surface area contributed by atoms with E-state index < -0.39 is 29.5 Å². The van der Waals surface area contributed by atoms with Crippen LogP contribution in [0.15, 0.2) is 70.1 Å². The van der Waals surface area contributed by atoms with Gasteiger partial charge in [-0.2, -0.15) is 0 Å². The van der Waals surface area contributed by atoms with E-state index in [1.165, 1.54) is 44.8 Å². The lowest BCUT2D eigenvalue weighted by molar-refractivity contribution is -0.138. The highest BCUT2D eigenvalue weighted by atomic mass is 32.1. The molecule has 1 aromatic heterocycles. The maximum atomic E-state index is 13.9. The number of benzene rings is 2. The third-order valence-corrected chi connectivity index (χ3v) is 7.05. The quantitative estimate of drug-likeness (QED) is 0.209. The second-order valence-corrected chi connectivity index (χ2v) is 9.99. The average Bonchev–Trinajstić information content (AvgIpc) is 3.25. The fourth-order valence-corrected chi connectivity index (χ4v) is 5.41. The second kappa shape index (κ2) is 12.7. The molecule has 4 rings (SSSR count). The molecule has 0 fully saturated rings. The van der Waals surface area contributed by atoms with Gasteiger partial charge in [-0.1, -0.05) is 36.1 Å². The van der Waals surface area contributed by atoms with Crippen LogP contribution in [0, 0.1) is 0 Å².